The van der Waals surface area contributed by atoms with E-state index in [-0.39, 0.29) is 19.1 Å². The third-order valence-corrected chi connectivity index (χ3v) is 2.24. The fourth-order valence-electron chi connectivity index (χ4n) is 1.19. The zero-order chi connectivity index (χ0) is 14.0. The summed E-state index contributed by atoms with van der Waals surface area (Å²) < 4.78 is 4.94. The lowest BCUT2D eigenvalue weighted by molar-refractivity contribution is -0.147. The zero-order valence-corrected chi connectivity index (χ0v) is 11.2. The first-order valence-corrected chi connectivity index (χ1v) is 6.05. The summed E-state index contributed by atoms with van der Waals surface area (Å²) in [6, 6.07) is 0. The Bertz CT molecular complexity index is 310. The first-order chi connectivity index (χ1) is 8.51. The van der Waals surface area contributed by atoms with Gasteiger partial charge >= 0.3 is 5.97 Å². The van der Waals surface area contributed by atoms with Crippen LogP contribution in [0.5, 0.6) is 0 Å². The monoisotopic (exact) mass is 255 g/mol. The molecule has 0 aromatic heterocycles. The van der Waals surface area contributed by atoms with Crippen molar-refractivity contribution in [3.63, 3.8) is 0 Å². The van der Waals surface area contributed by atoms with Gasteiger partial charge in [0.1, 0.15) is 6.61 Å². The molecule has 0 atom stereocenters. The summed E-state index contributed by atoms with van der Waals surface area (Å²) in [4.78, 5) is 34.2. The molecule has 0 radical (unpaired) electrons. The Balaban J connectivity index is 3.90. The number of rotatable bonds is 8. The van der Waals surface area contributed by atoms with E-state index in [9.17, 15) is 14.4 Å². The van der Waals surface area contributed by atoms with Gasteiger partial charge in [0.2, 0.25) is 6.41 Å². The highest BCUT2D eigenvalue weighted by atomic mass is 16.5. The zero-order valence-electron chi connectivity index (χ0n) is 11.2. The fourth-order valence-corrected chi connectivity index (χ4v) is 1.19. The minimum absolute atomic E-state index is 0.0406. The molecule has 0 saturated carbocycles. The molecule has 0 aromatic carbocycles. The molecule has 0 unspecified atom stereocenters. The van der Waals surface area contributed by atoms with Crippen LogP contribution in [0.4, 0.5) is 0 Å². The molecule has 0 aliphatic heterocycles. The predicted molar refractivity (Wildman–Crippen MR) is 67.6 cm³/mol. The molecule has 5 nitrogen and oxygen atoms in total. The average Bonchev–Trinajstić information content (AvgIpc) is 2.32. The first-order valence-electron chi connectivity index (χ1n) is 6.05. The molecule has 0 saturated heterocycles. The average molecular weight is 255 g/mol. The van der Waals surface area contributed by atoms with Gasteiger partial charge in [0, 0.05) is 6.42 Å². The Morgan fingerprint density at radius 3 is 2.50 bits per heavy atom. The van der Waals surface area contributed by atoms with Gasteiger partial charge in [-0.2, -0.15) is 0 Å². The normalized spacial score (nSPS) is 10.7. The van der Waals surface area contributed by atoms with Gasteiger partial charge in [-0.1, -0.05) is 19.9 Å². The summed E-state index contributed by atoms with van der Waals surface area (Å²) >= 11 is 0. The molecule has 2 amide bonds. The molecule has 0 fully saturated rings. The van der Waals surface area contributed by atoms with E-state index in [1.165, 1.54) is 6.08 Å². The van der Waals surface area contributed by atoms with Crippen molar-refractivity contribution in [1.29, 1.82) is 0 Å². The van der Waals surface area contributed by atoms with E-state index in [0.29, 0.717) is 18.7 Å². The number of amides is 2. The van der Waals surface area contributed by atoms with E-state index in [2.05, 4.69) is 0 Å². The number of hydrogen-bond acceptors (Lipinski definition) is 4. The van der Waals surface area contributed by atoms with Crippen LogP contribution in [0.1, 0.15) is 33.6 Å². The standard InChI is InChI=1S/C13H21NO4/c1-4-5-12(16)14(10-15)8-9-18-13(17)7-6-11(2)3/h4-5,10-11H,6-9H2,1-3H3/b5-4-. The van der Waals surface area contributed by atoms with Crippen LogP contribution in [0.25, 0.3) is 0 Å². The molecular weight excluding hydrogens is 234 g/mol. The van der Waals surface area contributed by atoms with Crippen molar-refractivity contribution in [2.45, 2.75) is 33.6 Å². The Labute approximate surface area is 108 Å². The van der Waals surface area contributed by atoms with Crippen LogP contribution < -0.4 is 0 Å². The molecule has 102 valence electrons. The highest BCUT2D eigenvalue weighted by molar-refractivity contribution is 5.94. The molecule has 0 aliphatic carbocycles. The fraction of sp³-hybridized carbons (Fsp3) is 0.615. The molecule has 0 N–H and O–H groups in total. The highest BCUT2D eigenvalue weighted by Gasteiger charge is 2.10. The second-order valence-electron chi connectivity index (χ2n) is 4.29. The molecule has 0 bridgehead atoms. The number of allylic oxidation sites excluding steroid dienone is 1. The van der Waals surface area contributed by atoms with E-state index in [1.807, 2.05) is 13.8 Å². The third-order valence-electron chi connectivity index (χ3n) is 2.24. The Morgan fingerprint density at radius 2 is 2.00 bits per heavy atom. The number of esters is 1. The van der Waals surface area contributed by atoms with Crippen LogP contribution >= 0.6 is 0 Å². The summed E-state index contributed by atoms with van der Waals surface area (Å²) in [7, 11) is 0. The van der Waals surface area contributed by atoms with E-state index in [0.717, 1.165) is 11.3 Å². The van der Waals surface area contributed by atoms with Gasteiger partial charge < -0.3 is 4.74 Å². The SMILES string of the molecule is C/C=C\C(=O)N(C=O)CCOC(=O)CCC(C)C. The number of nitrogens with zero attached hydrogens (tertiary/aromatic N) is 1. The van der Waals surface area contributed by atoms with Gasteiger partial charge in [-0.15, -0.1) is 0 Å². The number of carbonyl (C=O) groups excluding carboxylic acids is 3. The van der Waals surface area contributed by atoms with Gasteiger partial charge in [-0.3, -0.25) is 19.3 Å². The van der Waals surface area contributed by atoms with Crippen molar-refractivity contribution in [2.24, 2.45) is 5.92 Å². The quantitative estimate of drug-likeness (QED) is 0.375. The first kappa shape index (κ1) is 16.4. The molecule has 18 heavy (non-hydrogen) atoms. The van der Waals surface area contributed by atoms with Crippen molar-refractivity contribution in [3.8, 4) is 0 Å². The summed E-state index contributed by atoms with van der Waals surface area (Å²) in [5.41, 5.74) is 0. The number of carbonyl (C=O) groups is 3. The van der Waals surface area contributed by atoms with Gasteiger partial charge in [-0.25, -0.2) is 0 Å². The van der Waals surface area contributed by atoms with Crippen LogP contribution in [-0.4, -0.2) is 36.3 Å². The van der Waals surface area contributed by atoms with Crippen molar-refractivity contribution < 1.29 is 19.1 Å². The third kappa shape index (κ3) is 7.60. The molecule has 5 heteroatoms. The van der Waals surface area contributed by atoms with E-state index < -0.39 is 5.91 Å². The summed E-state index contributed by atoms with van der Waals surface area (Å²) in [6.07, 6.45) is 4.40. The minimum Gasteiger partial charge on any atom is -0.464 e. The van der Waals surface area contributed by atoms with Crippen molar-refractivity contribution in [3.05, 3.63) is 12.2 Å². The minimum atomic E-state index is -0.411. The molecule has 0 spiro atoms. The van der Waals surface area contributed by atoms with Crippen LogP contribution in [0.3, 0.4) is 0 Å². The summed E-state index contributed by atoms with van der Waals surface area (Å²) in [6.45, 7) is 5.86. The lowest BCUT2D eigenvalue weighted by Crippen LogP contribution is -2.31. The largest absolute Gasteiger partial charge is 0.464 e. The van der Waals surface area contributed by atoms with Gasteiger partial charge in [-0.05, 0) is 25.3 Å². The smallest absolute Gasteiger partial charge is 0.305 e. The highest BCUT2D eigenvalue weighted by Crippen LogP contribution is 2.04. The Hall–Kier alpha value is -1.65. The van der Waals surface area contributed by atoms with Crippen molar-refractivity contribution in [2.75, 3.05) is 13.2 Å². The van der Waals surface area contributed by atoms with Gasteiger partial charge in [0.15, 0.2) is 0 Å². The number of hydrogen-bond donors (Lipinski definition) is 0. The maximum Gasteiger partial charge on any atom is 0.305 e. The summed E-state index contributed by atoms with van der Waals surface area (Å²) in [5.74, 6) is -0.265. The molecular formula is C13H21NO4. The molecule has 0 rings (SSSR count). The van der Waals surface area contributed by atoms with Crippen molar-refractivity contribution in [1.82, 2.24) is 4.90 Å². The van der Waals surface area contributed by atoms with Crippen LogP contribution in [-0.2, 0) is 19.1 Å². The molecule has 0 heterocycles. The maximum absolute atomic E-state index is 11.3. The second kappa shape index (κ2) is 9.39. The topological polar surface area (TPSA) is 63.7 Å². The maximum atomic E-state index is 11.3. The van der Waals surface area contributed by atoms with Crippen molar-refractivity contribution >= 4 is 18.3 Å². The second-order valence-corrected chi connectivity index (χ2v) is 4.29. The van der Waals surface area contributed by atoms with Gasteiger partial charge in [0.25, 0.3) is 5.91 Å². The summed E-state index contributed by atoms with van der Waals surface area (Å²) in [5, 5.41) is 0. The number of imide groups is 1. The predicted octanol–water partition coefficient (Wildman–Crippen LogP) is 1.53. The van der Waals surface area contributed by atoms with E-state index >= 15 is 0 Å². The van der Waals surface area contributed by atoms with Crippen LogP contribution in [0.15, 0.2) is 12.2 Å². The van der Waals surface area contributed by atoms with Crippen LogP contribution in [0.2, 0.25) is 0 Å². The molecule has 0 aliphatic rings. The lowest BCUT2D eigenvalue weighted by atomic mass is 10.1. The number of ether oxygens (including phenoxy) is 1. The van der Waals surface area contributed by atoms with Gasteiger partial charge in [0.05, 0.1) is 6.54 Å². The molecule has 0 aromatic rings. The van der Waals surface area contributed by atoms with E-state index in [1.54, 1.807) is 13.0 Å². The van der Waals surface area contributed by atoms with E-state index in [4.69, 9.17) is 4.74 Å². The van der Waals surface area contributed by atoms with Crippen LogP contribution in [0, 0.1) is 5.92 Å². The Morgan fingerprint density at radius 1 is 1.33 bits per heavy atom. The lowest BCUT2D eigenvalue weighted by Gasteiger charge is -2.13. The Kier molecular flexibility index (Phi) is 8.53.